The molecule has 17 heavy (non-hydrogen) atoms. The van der Waals surface area contributed by atoms with Gasteiger partial charge in [-0.1, -0.05) is 24.8 Å². The Morgan fingerprint density at radius 1 is 1.59 bits per heavy atom. The van der Waals surface area contributed by atoms with E-state index in [4.69, 9.17) is 0 Å². The number of hydrogen-bond acceptors (Lipinski definition) is 3. The maximum absolute atomic E-state index is 11.3. The number of rotatable bonds is 3. The average molecular weight is 255 g/mol. The molecule has 0 radical (unpaired) electrons. The lowest BCUT2D eigenvalue weighted by atomic mass is 9.97. The Hall–Kier alpha value is -1.33. The van der Waals surface area contributed by atoms with Crippen molar-refractivity contribution in [3.63, 3.8) is 0 Å². The van der Waals surface area contributed by atoms with E-state index in [1.165, 1.54) is 4.31 Å². The third-order valence-electron chi connectivity index (χ3n) is 2.72. The molecule has 0 fully saturated rings. The molecule has 1 N–H and O–H groups in total. The van der Waals surface area contributed by atoms with E-state index in [0.29, 0.717) is 11.3 Å². The molecule has 0 amide bonds. The summed E-state index contributed by atoms with van der Waals surface area (Å²) in [6.45, 7) is 6.97. The van der Waals surface area contributed by atoms with Crippen LogP contribution in [0.5, 0.6) is 0 Å². The topological polar surface area (TPSA) is 57.6 Å². The second kappa shape index (κ2) is 5.84. The maximum Gasteiger partial charge on any atom is 0.225 e. The average Bonchev–Trinajstić information content (AvgIpc) is 2.30. The third-order valence-corrected chi connectivity index (χ3v) is 3.63. The minimum absolute atomic E-state index is 0.160. The van der Waals surface area contributed by atoms with Crippen LogP contribution < -0.4 is 0 Å². The monoisotopic (exact) mass is 255 g/mol. The Kier molecular flexibility index (Phi) is 4.72. The van der Waals surface area contributed by atoms with E-state index >= 15 is 0 Å². The Bertz CT molecular complexity index is 464. The van der Waals surface area contributed by atoms with Gasteiger partial charge >= 0.3 is 0 Å². The molecule has 5 heteroatoms. The van der Waals surface area contributed by atoms with Gasteiger partial charge < -0.3 is 5.11 Å². The van der Waals surface area contributed by atoms with E-state index in [9.17, 15) is 13.5 Å². The smallest absolute Gasteiger partial charge is 0.225 e. The lowest BCUT2D eigenvalue weighted by Gasteiger charge is -2.33. The number of thiol groups is 1. The summed E-state index contributed by atoms with van der Waals surface area (Å²) in [4.78, 5) is 0. The van der Waals surface area contributed by atoms with E-state index in [-0.39, 0.29) is 12.6 Å². The highest BCUT2D eigenvalue weighted by Crippen LogP contribution is 2.29. The zero-order valence-corrected chi connectivity index (χ0v) is 10.9. The van der Waals surface area contributed by atoms with Gasteiger partial charge in [-0.05, 0) is 31.1 Å². The summed E-state index contributed by atoms with van der Waals surface area (Å²) in [6.07, 6.45) is 6.86. The number of allylic oxidation sites excluding steroid dienone is 4. The fourth-order valence-electron chi connectivity index (χ4n) is 1.86. The molecule has 0 aliphatic carbocycles. The summed E-state index contributed by atoms with van der Waals surface area (Å²) < 4.78 is 23.9. The lowest BCUT2D eigenvalue weighted by Crippen LogP contribution is -2.37. The van der Waals surface area contributed by atoms with Crippen molar-refractivity contribution in [1.29, 1.82) is 0 Å². The molecule has 1 atom stereocenters. The van der Waals surface area contributed by atoms with Gasteiger partial charge in [0.1, 0.15) is 0 Å². The zero-order valence-electron chi connectivity index (χ0n) is 9.96. The van der Waals surface area contributed by atoms with Gasteiger partial charge in [0.15, 0.2) is 0 Å². The molecule has 0 unspecified atom stereocenters. The highest BCUT2D eigenvalue weighted by molar-refractivity contribution is 7.70. The fraction of sp³-hybridized carbons (Fsp3) is 0.333. The molecule has 0 spiro atoms. The first-order chi connectivity index (χ1) is 8.06. The third kappa shape index (κ3) is 2.68. The van der Waals surface area contributed by atoms with E-state index in [2.05, 4.69) is 6.58 Å². The number of aliphatic hydroxyl groups is 1. The summed E-state index contributed by atoms with van der Waals surface area (Å²) in [5, 5.41) is 9.24. The summed E-state index contributed by atoms with van der Waals surface area (Å²) in [7, 11) is -2.73. The van der Waals surface area contributed by atoms with E-state index in [0.717, 1.165) is 5.57 Å². The van der Waals surface area contributed by atoms with Gasteiger partial charge in [0.25, 0.3) is 0 Å². The van der Waals surface area contributed by atoms with Gasteiger partial charge in [-0.25, -0.2) is 8.42 Å². The van der Waals surface area contributed by atoms with Crippen LogP contribution in [0.2, 0.25) is 0 Å². The summed E-state index contributed by atoms with van der Waals surface area (Å²) in [6, 6.07) is -0.353. The number of hydrogen-bond donors (Lipinski definition) is 2. The minimum Gasteiger partial charge on any atom is -0.392 e. The molecule has 0 aromatic heterocycles. The van der Waals surface area contributed by atoms with Crippen molar-refractivity contribution in [3.8, 4) is 0 Å². The first-order valence-corrected chi connectivity index (χ1v) is 6.44. The zero-order chi connectivity index (χ0) is 13.0. The molecule has 1 aliphatic heterocycles. The maximum atomic E-state index is 11.3. The minimum atomic E-state index is -2.73. The Morgan fingerprint density at radius 3 is 2.65 bits per heavy atom. The van der Waals surface area contributed by atoms with Crippen LogP contribution in [-0.4, -0.2) is 30.5 Å². The van der Waals surface area contributed by atoms with Crippen LogP contribution in [-0.2, 0) is 10.9 Å². The van der Waals surface area contributed by atoms with Crippen molar-refractivity contribution >= 4 is 10.9 Å². The van der Waals surface area contributed by atoms with Gasteiger partial charge in [0.2, 0.25) is 10.9 Å². The second-order valence-corrected chi connectivity index (χ2v) is 4.57. The lowest BCUT2D eigenvalue weighted by molar-refractivity contribution is 0.304. The van der Waals surface area contributed by atoms with Crippen molar-refractivity contribution in [2.75, 3.05) is 6.61 Å². The molecule has 1 rings (SSSR count). The second-order valence-electron chi connectivity index (χ2n) is 3.67. The molecule has 94 valence electrons. The quantitative estimate of drug-likeness (QED) is 0.744. The van der Waals surface area contributed by atoms with Crippen LogP contribution in [0.25, 0.3) is 0 Å². The first-order valence-electron chi connectivity index (χ1n) is 5.31. The van der Waals surface area contributed by atoms with Crippen molar-refractivity contribution in [2.24, 2.45) is 0 Å². The van der Waals surface area contributed by atoms with Crippen LogP contribution in [0.15, 0.2) is 47.7 Å². The fourth-order valence-corrected chi connectivity index (χ4v) is 2.70. The Morgan fingerprint density at radius 2 is 2.24 bits per heavy atom. The normalized spacial score (nSPS) is 25.5. The Labute approximate surface area is 103 Å². The van der Waals surface area contributed by atoms with Crippen molar-refractivity contribution < 1.29 is 13.5 Å². The van der Waals surface area contributed by atoms with Gasteiger partial charge in [-0.2, -0.15) is 0 Å². The molecular weight excluding hydrogens is 238 g/mol. The Balaban J connectivity index is 3.40. The molecule has 1 heterocycles. The molecular formula is C12H17NO3S. The van der Waals surface area contributed by atoms with Crippen LogP contribution >= 0.6 is 0 Å². The number of nitrogens with zero attached hydrogens (tertiary/aromatic N) is 1. The molecule has 4 nitrogen and oxygen atoms in total. The molecule has 0 saturated carbocycles. The van der Waals surface area contributed by atoms with E-state index in [1.54, 1.807) is 38.2 Å². The SMILES string of the molecule is C=C/C=C1/C=C(CO)[C@@H](C)N([SH](=O)=O)/C1=C/C. The van der Waals surface area contributed by atoms with Crippen LogP contribution in [0.4, 0.5) is 0 Å². The standard InChI is InChI=1S/C12H17NO3S/c1-4-6-10-7-11(8-14)9(3)13(17(15)16)12(10)5-2/h4-7,9,14,17H,1,8H2,2-3H3/b10-6-,12-5+/t9-/m1/s1. The highest BCUT2D eigenvalue weighted by atomic mass is 32.2. The molecule has 0 aromatic rings. The van der Waals surface area contributed by atoms with Crippen LogP contribution in [0.3, 0.4) is 0 Å². The highest BCUT2D eigenvalue weighted by Gasteiger charge is 2.27. The predicted octanol–water partition coefficient (Wildman–Crippen LogP) is 1.15. The first kappa shape index (κ1) is 13.7. The number of aliphatic hydroxyl groups excluding tert-OH is 1. The van der Waals surface area contributed by atoms with Gasteiger partial charge in [0, 0.05) is 0 Å². The van der Waals surface area contributed by atoms with E-state index in [1.807, 2.05) is 0 Å². The van der Waals surface area contributed by atoms with Crippen molar-refractivity contribution in [3.05, 3.63) is 47.7 Å². The largest absolute Gasteiger partial charge is 0.392 e. The molecule has 0 saturated heterocycles. The summed E-state index contributed by atoms with van der Waals surface area (Å²) >= 11 is 0. The molecule has 1 aliphatic rings. The summed E-state index contributed by atoms with van der Waals surface area (Å²) in [5.41, 5.74) is 2.03. The van der Waals surface area contributed by atoms with Gasteiger partial charge in [-0.15, -0.1) is 0 Å². The van der Waals surface area contributed by atoms with Crippen molar-refractivity contribution in [1.82, 2.24) is 4.31 Å². The van der Waals surface area contributed by atoms with Gasteiger partial charge in [-0.3, -0.25) is 4.31 Å². The summed E-state index contributed by atoms with van der Waals surface area (Å²) in [5.74, 6) is 0. The van der Waals surface area contributed by atoms with Crippen LogP contribution in [0.1, 0.15) is 13.8 Å². The molecule has 0 aromatic carbocycles. The molecule has 0 bridgehead atoms. The van der Waals surface area contributed by atoms with Crippen LogP contribution in [0, 0.1) is 0 Å². The van der Waals surface area contributed by atoms with Crippen molar-refractivity contribution in [2.45, 2.75) is 19.9 Å². The van der Waals surface area contributed by atoms with E-state index < -0.39 is 10.9 Å². The van der Waals surface area contributed by atoms with Gasteiger partial charge in [0.05, 0.1) is 18.3 Å². The predicted molar refractivity (Wildman–Crippen MR) is 68.8 cm³/mol.